The van der Waals surface area contributed by atoms with E-state index in [4.69, 9.17) is 0 Å². The van der Waals surface area contributed by atoms with Crippen LogP contribution in [0.5, 0.6) is 0 Å². The Bertz CT molecular complexity index is 1870. The van der Waals surface area contributed by atoms with E-state index in [9.17, 15) is 9.59 Å². The van der Waals surface area contributed by atoms with Crippen molar-refractivity contribution in [3.8, 4) is 11.8 Å². The van der Waals surface area contributed by atoms with Crippen LogP contribution in [0.15, 0.2) is 84.0 Å². The molecule has 0 radical (unpaired) electrons. The minimum atomic E-state index is -0.297. The zero-order valence-corrected chi connectivity index (χ0v) is 26.0. The van der Waals surface area contributed by atoms with Gasteiger partial charge in [-0.05, 0) is 82.8 Å². The van der Waals surface area contributed by atoms with Gasteiger partial charge in [-0.15, -0.1) is 0 Å². The van der Waals surface area contributed by atoms with Crippen LogP contribution in [0.1, 0.15) is 88.1 Å². The van der Waals surface area contributed by atoms with E-state index < -0.39 is 0 Å². The van der Waals surface area contributed by atoms with E-state index in [0.29, 0.717) is 11.1 Å². The topological polar surface area (TPSA) is 37.4 Å². The Morgan fingerprint density at radius 3 is 1.74 bits per heavy atom. The molecule has 3 nitrogen and oxygen atoms in total. The zero-order chi connectivity index (χ0) is 30.4. The number of hydrogen-bond acceptors (Lipinski definition) is 2. The second-order valence-electron chi connectivity index (χ2n) is 13.9. The molecule has 0 N–H and O–H groups in total. The Labute approximate surface area is 254 Å². The number of imide groups is 1. The number of nitrogens with zero attached hydrogens (tertiary/aromatic N) is 1. The first-order chi connectivity index (χ1) is 20.5. The van der Waals surface area contributed by atoms with Crippen molar-refractivity contribution in [1.82, 2.24) is 0 Å². The van der Waals surface area contributed by atoms with Crippen LogP contribution >= 0.6 is 0 Å². The van der Waals surface area contributed by atoms with Crippen molar-refractivity contribution in [2.45, 2.75) is 60.3 Å². The van der Waals surface area contributed by atoms with Crippen LogP contribution in [0.25, 0.3) is 21.9 Å². The quantitative estimate of drug-likeness (QED) is 0.236. The van der Waals surface area contributed by atoms with Crippen molar-refractivity contribution in [2.24, 2.45) is 17.3 Å². The molecule has 3 aromatic rings. The summed E-state index contributed by atoms with van der Waals surface area (Å²) < 4.78 is 0. The van der Waals surface area contributed by atoms with Crippen LogP contribution in [-0.4, -0.2) is 11.8 Å². The van der Waals surface area contributed by atoms with E-state index in [2.05, 4.69) is 115 Å². The first-order valence-electron chi connectivity index (χ1n) is 15.4. The summed E-state index contributed by atoms with van der Waals surface area (Å²) in [6.07, 6.45) is 8.22. The van der Waals surface area contributed by atoms with Crippen molar-refractivity contribution in [3.63, 3.8) is 0 Å². The first kappa shape index (κ1) is 27.4. The highest BCUT2D eigenvalue weighted by molar-refractivity contribution is 6.31. The highest BCUT2D eigenvalue weighted by Crippen LogP contribution is 2.57. The van der Waals surface area contributed by atoms with Crippen molar-refractivity contribution in [3.05, 3.63) is 112 Å². The van der Waals surface area contributed by atoms with Crippen LogP contribution in [0.2, 0.25) is 0 Å². The Kier molecular flexibility index (Phi) is 6.09. The van der Waals surface area contributed by atoms with E-state index >= 15 is 0 Å². The summed E-state index contributed by atoms with van der Waals surface area (Å²) in [5, 5.41) is 2.35. The lowest BCUT2D eigenvalue weighted by Gasteiger charge is -2.46. The van der Waals surface area contributed by atoms with E-state index in [1.54, 1.807) is 0 Å². The summed E-state index contributed by atoms with van der Waals surface area (Å²) >= 11 is 0. The van der Waals surface area contributed by atoms with E-state index in [1.165, 1.54) is 32.6 Å². The van der Waals surface area contributed by atoms with Crippen molar-refractivity contribution in [2.75, 3.05) is 4.90 Å². The maximum absolute atomic E-state index is 14.5. The number of para-hydroxylation sites is 1. The molecule has 3 aromatic carbocycles. The number of carbonyl (C=O) groups excluding carboxylic acids is 2. The molecule has 2 unspecified atom stereocenters. The predicted octanol–water partition coefficient (Wildman–Crippen LogP) is 8.95. The Balaban J connectivity index is 1.44. The lowest BCUT2D eigenvalue weighted by Crippen LogP contribution is -2.50. The zero-order valence-electron chi connectivity index (χ0n) is 26.0. The molecule has 2 amide bonds. The maximum Gasteiger partial charge on any atom is 0.261 e. The minimum absolute atomic E-state index is 0.0791. The van der Waals surface area contributed by atoms with Gasteiger partial charge in [0.1, 0.15) is 0 Å². The number of allylic oxidation sites excluding steroid dienone is 6. The smallest absolute Gasteiger partial charge is 0.261 e. The molecule has 0 spiro atoms. The minimum Gasteiger partial charge on any atom is -0.269 e. The van der Waals surface area contributed by atoms with Gasteiger partial charge in [0.05, 0.1) is 5.69 Å². The van der Waals surface area contributed by atoms with E-state index in [0.717, 1.165) is 27.8 Å². The number of hydrogen-bond donors (Lipinski definition) is 0. The number of piperidine rings is 1. The van der Waals surface area contributed by atoms with Crippen molar-refractivity contribution < 1.29 is 9.59 Å². The van der Waals surface area contributed by atoms with Gasteiger partial charge < -0.3 is 0 Å². The van der Waals surface area contributed by atoms with Gasteiger partial charge in [-0.25, -0.2) is 4.90 Å². The fourth-order valence-electron chi connectivity index (χ4n) is 7.33. The van der Waals surface area contributed by atoms with Gasteiger partial charge in [0.25, 0.3) is 11.8 Å². The van der Waals surface area contributed by atoms with Gasteiger partial charge in [0.2, 0.25) is 0 Å². The highest BCUT2D eigenvalue weighted by Gasteiger charge is 2.51. The average molecular weight is 564 g/mol. The number of amides is 2. The van der Waals surface area contributed by atoms with Gasteiger partial charge in [-0.2, -0.15) is 0 Å². The number of rotatable bonds is 3. The summed E-state index contributed by atoms with van der Waals surface area (Å²) in [6.45, 7) is 14.9. The molecule has 43 heavy (non-hydrogen) atoms. The van der Waals surface area contributed by atoms with E-state index in [-0.39, 0.29) is 40.9 Å². The summed E-state index contributed by atoms with van der Waals surface area (Å²) in [7, 11) is 0. The summed E-state index contributed by atoms with van der Waals surface area (Å²) in [4.78, 5) is 30.4. The van der Waals surface area contributed by atoms with Gasteiger partial charge in [0.15, 0.2) is 0 Å². The highest BCUT2D eigenvalue weighted by atomic mass is 16.2. The molecule has 1 fully saturated rings. The summed E-state index contributed by atoms with van der Waals surface area (Å²) in [6, 6.07) is 16.9. The lowest BCUT2D eigenvalue weighted by molar-refractivity contribution is -0.124. The number of anilines is 1. The van der Waals surface area contributed by atoms with Gasteiger partial charge in [0, 0.05) is 34.0 Å². The molecule has 3 aliphatic carbocycles. The van der Waals surface area contributed by atoms with Crippen LogP contribution < -0.4 is 4.90 Å². The SMILES string of the molecule is CC(C)c1cccc(C(C)C)c1N1C(=O)C2=CC=C3c4cccc5c(C#CC(C)(C)C)ccc(c45)C4=CC=C(C1=O)C2C34. The van der Waals surface area contributed by atoms with Gasteiger partial charge >= 0.3 is 0 Å². The molecule has 1 saturated heterocycles. The molecule has 1 heterocycles. The average Bonchev–Trinajstić information content (AvgIpc) is 2.97. The molecular formula is C40H37NO2. The number of benzene rings is 3. The predicted molar refractivity (Wildman–Crippen MR) is 176 cm³/mol. The third kappa shape index (κ3) is 4.04. The molecule has 214 valence electrons. The summed E-state index contributed by atoms with van der Waals surface area (Å²) in [5.74, 6) is 6.40. The van der Waals surface area contributed by atoms with Crippen molar-refractivity contribution >= 4 is 39.4 Å². The Hall–Kier alpha value is -4.42. The second-order valence-corrected chi connectivity index (χ2v) is 13.9. The molecule has 0 bridgehead atoms. The van der Waals surface area contributed by atoms with E-state index in [1.807, 2.05) is 18.2 Å². The third-order valence-electron chi connectivity index (χ3n) is 9.26. The van der Waals surface area contributed by atoms with Crippen molar-refractivity contribution in [1.29, 1.82) is 0 Å². The maximum atomic E-state index is 14.5. The summed E-state index contributed by atoms with van der Waals surface area (Å²) in [5.41, 5.74) is 9.81. The second kappa shape index (κ2) is 9.55. The molecule has 7 rings (SSSR count). The molecule has 0 aromatic heterocycles. The molecule has 4 aliphatic rings. The standard InChI is InChI=1S/C40H37NO2/c1-22(2)25-10-8-11-26(23(3)4)37(25)41-38(42)32-18-16-30-28-13-9-12-27-24(20-21-40(5,6)7)14-15-29(34(27)28)31-17-19-33(39(41)43)36(32)35(30)31/h8-19,22-23,35-36H,1-7H3. The number of carbonyl (C=O) groups is 2. The third-order valence-corrected chi connectivity index (χ3v) is 9.26. The normalized spacial score (nSPS) is 20.3. The fraction of sp³-hybridized carbons (Fsp3) is 0.300. The fourth-order valence-corrected chi connectivity index (χ4v) is 7.33. The largest absolute Gasteiger partial charge is 0.269 e. The van der Waals surface area contributed by atoms with Gasteiger partial charge in [-0.1, -0.05) is 106 Å². The van der Waals surface area contributed by atoms with Gasteiger partial charge in [-0.3, -0.25) is 9.59 Å². The molecular weight excluding hydrogens is 526 g/mol. The van der Waals surface area contributed by atoms with Crippen LogP contribution in [0, 0.1) is 29.1 Å². The Morgan fingerprint density at radius 2 is 1.19 bits per heavy atom. The number of fused-ring (bicyclic) bond motifs is 2. The molecule has 0 saturated carbocycles. The van der Waals surface area contributed by atoms with Crippen LogP contribution in [-0.2, 0) is 9.59 Å². The lowest BCUT2D eigenvalue weighted by atomic mass is 9.60. The molecule has 1 aliphatic heterocycles. The monoisotopic (exact) mass is 563 g/mol. The van der Waals surface area contributed by atoms with Crippen LogP contribution in [0.4, 0.5) is 5.69 Å². The molecule has 3 heteroatoms. The molecule has 2 atom stereocenters. The Morgan fingerprint density at radius 1 is 0.674 bits per heavy atom. The van der Waals surface area contributed by atoms with Crippen LogP contribution in [0.3, 0.4) is 0 Å². The first-order valence-corrected chi connectivity index (χ1v) is 15.4.